The van der Waals surface area contributed by atoms with Crippen molar-refractivity contribution in [1.82, 2.24) is 9.97 Å². The van der Waals surface area contributed by atoms with Crippen LogP contribution in [0.5, 0.6) is 0 Å². The summed E-state index contributed by atoms with van der Waals surface area (Å²) in [5, 5.41) is 0.557. The first-order valence-corrected chi connectivity index (χ1v) is 5.97. The van der Waals surface area contributed by atoms with Crippen LogP contribution < -0.4 is 16.9 Å². The van der Waals surface area contributed by atoms with Gasteiger partial charge in [-0.3, -0.25) is 0 Å². The first-order chi connectivity index (χ1) is 9.49. The van der Waals surface area contributed by atoms with E-state index >= 15 is 0 Å². The normalized spacial score (nSPS) is 10.1. The average Bonchev–Trinajstić information content (AvgIpc) is 2.40. The lowest BCUT2D eigenvalue weighted by Gasteiger charge is -2.10. The van der Waals surface area contributed by atoms with Crippen LogP contribution in [-0.4, -0.2) is 15.9 Å². The topological polar surface area (TPSA) is 116 Å². The molecule has 8 heteroatoms. The lowest BCUT2D eigenvalue weighted by Crippen LogP contribution is -2.15. The Balaban J connectivity index is 2.11. The maximum atomic E-state index is 11.8. The van der Waals surface area contributed by atoms with Crippen LogP contribution in [0.4, 0.5) is 17.5 Å². The fourth-order valence-corrected chi connectivity index (χ4v) is 1.62. The number of halogens is 1. The number of nitrogens with two attached hydrogens (primary N) is 2. The number of hydrogen-bond donors (Lipinski definition) is 3. The maximum absolute atomic E-state index is 11.8. The predicted octanol–water partition coefficient (Wildman–Crippen LogP) is 1.79. The van der Waals surface area contributed by atoms with Crippen LogP contribution in [0.1, 0.15) is 15.9 Å². The summed E-state index contributed by atoms with van der Waals surface area (Å²) in [5.41, 5.74) is 14.8. The van der Waals surface area contributed by atoms with Crippen LogP contribution in [0.15, 0.2) is 24.4 Å². The Labute approximate surface area is 119 Å². The van der Waals surface area contributed by atoms with Gasteiger partial charge in [0.15, 0.2) is 0 Å². The highest BCUT2D eigenvalue weighted by atomic mass is 35.5. The third-order valence-corrected chi connectivity index (χ3v) is 2.99. The summed E-state index contributed by atoms with van der Waals surface area (Å²) in [5.74, 6) is -0.785. The van der Waals surface area contributed by atoms with Gasteiger partial charge in [0, 0.05) is 11.2 Å². The first kappa shape index (κ1) is 13.9. The third kappa shape index (κ3) is 2.89. The smallest absolute Gasteiger partial charge is 0.368 e. The van der Waals surface area contributed by atoms with Crippen molar-refractivity contribution in [1.29, 1.82) is 0 Å². The summed E-state index contributed by atoms with van der Waals surface area (Å²) in [7, 11) is 0. The Bertz CT molecular complexity index is 662. The fraction of sp³-hybridized carbons (Fsp3) is 0.0833. The molecule has 5 N–H and O–H groups in total. The number of hydrogen-bond acceptors (Lipinski definition) is 7. The Morgan fingerprint density at radius 3 is 2.85 bits per heavy atom. The zero-order chi connectivity index (χ0) is 14.7. The van der Waals surface area contributed by atoms with Crippen molar-refractivity contribution in [2.75, 3.05) is 16.9 Å². The van der Waals surface area contributed by atoms with Crippen molar-refractivity contribution >= 4 is 35.0 Å². The van der Waals surface area contributed by atoms with Crippen molar-refractivity contribution in [3.05, 3.63) is 40.5 Å². The van der Waals surface area contributed by atoms with E-state index in [2.05, 4.69) is 15.4 Å². The van der Waals surface area contributed by atoms with Gasteiger partial charge >= 0.3 is 5.97 Å². The van der Waals surface area contributed by atoms with E-state index in [0.29, 0.717) is 10.7 Å². The molecular weight excluding hydrogens is 282 g/mol. The summed E-state index contributed by atoms with van der Waals surface area (Å²) in [4.78, 5) is 24.1. The van der Waals surface area contributed by atoms with Crippen molar-refractivity contribution in [2.24, 2.45) is 0 Å². The monoisotopic (exact) mass is 293 g/mol. The van der Waals surface area contributed by atoms with Gasteiger partial charge in [0.2, 0.25) is 5.95 Å². The molecule has 0 saturated carbocycles. The molecule has 0 unspecified atom stereocenters. The number of benzene rings is 1. The van der Waals surface area contributed by atoms with Gasteiger partial charge < -0.3 is 16.3 Å². The summed E-state index contributed by atoms with van der Waals surface area (Å²) < 4.78 is 0. The molecule has 7 nitrogen and oxygen atoms in total. The summed E-state index contributed by atoms with van der Waals surface area (Å²) >= 11 is 5.95. The van der Waals surface area contributed by atoms with Crippen LogP contribution in [0.25, 0.3) is 0 Å². The number of nitrogen functional groups attached to an aromatic ring is 2. The second-order valence-corrected chi connectivity index (χ2v) is 4.34. The standard InChI is InChI=1S/C12H12ClN5O2/c1-6-8(13)3-2-4-9(6)18-20-11(19)7-5-16-12(15)17-10(7)14/h2-5,18H,1H3,(H4,14,15,16,17). The Kier molecular flexibility index (Phi) is 3.90. The van der Waals surface area contributed by atoms with Gasteiger partial charge in [-0.25, -0.2) is 15.3 Å². The van der Waals surface area contributed by atoms with E-state index in [4.69, 9.17) is 27.9 Å². The van der Waals surface area contributed by atoms with Gasteiger partial charge in [0.05, 0.1) is 5.69 Å². The molecule has 1 aromatic carbocycles. The molecule has 0 aliphatic carbocycles. The molecule has 0 atom stereocenters. The van der Waals surface area contributed by atoms with Crippen molar-refractivity contribution in [3.8, 4) is 0 Å². The number of aromatic nitrogens is 2. The molecule has 20 heavy (non-hydrogen) atoms. The molecule has 2 rings (SSSR count). The Hall–Kier alpha value is -2.54. The number of nitrogens with one attached hydrogen (secondary N) is 1. The van der Waals surface area contributed by atoms with E-state index in [1.165, 1.54) is 6.20 Å². The SMILES string of the molecule is Cc1c(Cl)cccc1NOC(=O)c1cnc(N)nc1N. The minimum atomic E-state index is -0.720. The number of carbonyl (C=O) groups is 1. The molecule has 0 radical (unpaired) electrons. The van der Waals surface area contributed by atoms with E-state index in [1.807, 2.05) is 0 Å². The lowest BCUT2D eigenvalue weighted by atomic mass is 10.2. The van der Waals surface area contributed by atoms with Crippen molar-refractivity contribution in [3.63, 3.8) is 0 Å². The largest absolute Gasteiger partial charge is 0.383 e. The molecule has 0 fully saturated rings. The van der Waals surface area contributed by atoms with E-state index in [9.17, 15) is 4.79 Å². The van der Waals surface area contributed by atoms with Crippen LogP contribution in [0, 0.1) is 6.92 Å². The molecule has 0 aliphatic heterocycles. The van der Waals surface area contributed by atoms with E-state index < -0.39 is 5.97 Å². The van der Waals surface area contributed by atoms with Gasteiger partial charge in [-0.05, 0) is 24.6 Å². The first-order valence-electron chi connectivity index (χ1n) is 5.59. The van der Waals surface area contributed by atoms with Gasteiger partial charge in [-0.15, -0.1) is 0 Å². The van der Waals surface area contributed by atoms with Gasteiger partial charge in [-0.2, -0.15) is 4.98 Å². The van der Waals surface area contributed by atoms with E-state index in [1.54, 1.807) is 25.1 Å². The number of carbonyl (C=O) groups excluding carboxylic acids is 1. The molecule has 0 aliphatic rings. The summed E-state index contributed by atoms with van der Waals surface area (Å²) in [6.07, 6.45) is 1.20. The third-order valence-electron chi connectivity index (χ3n) is 2.58. The molecular formula is C12H12ClN5O2. The van der Waals surface area contributed by atoms with Gasteiger partial charge in [-0.1, -0.05) is 17.7 Å². The molecule has 1 aromatic heterocycles. The highest BCUT2D eigenvalue weighted by Gasteiger charge is 2.14. The summed E-state index contributed by atoms with van der Waals surface area (Å²) in [6.45, 7) is 1.79. The zero-order valence-electron chi connectivity index (χ0n) is 10.6. The zero-order valence-corrected chi connectivity index (χ0v) is 11.3. The van der Waals surface area contributed by atoms with E-state index in [0.717, 1.165) is 5.56 Å². The molecule has 0 amide bonds. The lowest BCUT2D eigenvalue weighted by molar-refractivity contribution is 0.0596. The molecule has 1 heterocycles. The second-order valence-electron chi connectivity index (χ2n) is 3.93. The quantitative estimate of drug-likeness (QED) is 0.739. The van der Waals surface area contributed by atoms with E-state index in [-0.39, 0.29) is 17.3 Å². The molecule has 104 valence electrons. The number of rotatable bonds is 3. The minimum absolute atomic E-state index is 0.0160. The van der Waals surface area contributed by atoms with Crippen molar-refractivity contribution in [2.45, 2.75) is 6.92 Å². The van der Waals surface area contributed by atoms with Gasteiger partial charge in [0.25, 0.3) is 0 Å². The predicted molar refractivity (Wildman–Crippen MR) is 76.1 cm³/mol. The highest BCUT2D eigenvalue weighted by Crippen LogP contribution is 2.23. The fourth-order valence-electron chi connectivity index (χ4n) is 1.44. The molecule has 0 bridgehead atoms. The molecule has 0 saturated heterocycles. The minimum Gasteiger partial charge on any atom is -0.383 e. The van der Waals surface area contributed by atoms with Crippen LogP contribution in [0.2, 0.25) is 5.02 Å². The second kappa shape index (κ2) is 5.62. The Morgan fingerprint density at radius 1 is 1.40 bits per heavy atom. The number of nitrogens with zero attached hydrogens (tertiary/aromatic N) is 2. The van der Waals surface area contributed by atoms with Gasteiger partial charge in [0.1, 0.15) is 11.4 Å². The van der Waals surface area contributed by atoms with Crippen LogP contribution >= 0.6 is 11.6 Å². The molecule has 2 aromatic rings. The summed E-state index contributed by atoms with van der Waals surface area (Å²) in [6, 6.07) is 5.18. The highest BCUT2D eigenvalue weighted by molar-refractivity contribution is 6.31. The average molecular weight is 294 g/mol. The van der Waals surface area contributed by atoms with Crippen LogP contribution in [-0.2, 0) is 4.84 Å². The maximum Gasteiger partial charge on any atom is 0.368 e. The Morgan fingerprint density at radius 2 is 2.15 bits per heavy atom. The van der Waals surface area contributed by atoms with Crippen LogP contribution in [0.3, 0.4) is 0 Å². The van der Waals surface area contributed by atoms with Crippen molar-refractivity contribution < 1.29 is 9.63 Å². The molecule has 0 spiro atoms. The number of anilines is 3.